The van der Waals surface area contributed by atoms with Crippen LogP contribution < -0.4 is 5.32 Å². The van der Waals surface area contributed by atoms with Gasteiger partial charge in [-0.05, 0) is 32.2 Å². The van der Waals surface area contributed by atoms with E-state index in [9.17, 15) is 9.18 Å². The van der Waals surface area contributed by atoms with Gasteiger partial charge in [0.1, 0.15) is 5.82 Å². The molecule has 0 spiro atoms. The summed E-state index contributed by atoms with van der Waals surface area (Å²) in [6.07, 6.45) is 0. The molecule has 0 aromatic heterocycles. The van der Waals surface area contributed by atoms with Crippen LogP contribution >= 0.6 is 0 Å². The van der Waals surface area contributed by atoms with Crippen molar-refractivity contribution in [3.8, 4) is 0 Å². The highest BCUT2D eigenvalue weighted by Crippen LogP contribution is 2.12. The van der Waals surface area contributed by atoms with Gasteiger partial charge in [-0.3, -0.25) is 9.69 Å². The SMILES string of the molecule is C[C@@H](C(=O)Nc1ccccc1)N(C)Cc1ccccc1F. The fourth-order valence-electron chi connectivity index (χ4n) is 2.00. The van der Waals surface area contributed by atoms with Crippen molar-refractivity contribution in [1.82, 2.24) is 4.90 Å². The topological polar surface area (TPSA) is 32.3 Å². The van der Waals surface area contributed by atoms with Gasteiger partial charge in [0, 0.05) is 17.8 Å². The maximum Gasteiger partial charge on any atom is 0.241 e. The first-order valence-electron chi connectivity index (χ1n) is 6.87. The second kappa shape index (κ2) is 6.99. The number of hydrogen-bond donors (Lipinski definition) is 1. The molecular formula is C17H19FN2O. The molecule has 21 heavy (non-hydrogen) atoms. The first kappa shape index (κ1) is 15.2. The van der Waals surface area contributed by atoms with Crippen LogP contribution in [0.4, 0.5) is 10.1 Å². The van der Waals surface area contributed by atoms with Gasteiger partial charge in [-0.25, -0.2) is 4.39 Å². The number of carbonyl (C=O) groups is 1. The van der Waals surface area contributed by atoms with E-state index in [2.05, 4.69) is 5.32 Å². The summed E-state index contributed by atoms with van der Waals surface area (Å²) in [5.74, 6) is -0.361. The average Bonchev–Trinajstić information content (AvgIpc) is 2.49. The molecule has 0 aliphatic carbocycles. The Hall–Kier alpha value is -2.20. The molecule has 0 heterocycles. The highest BCUT2D eigenvalue weighted by molar-refractivity contribution is 5.94. The van der Waals surface area contributed by atoms with Crippen LogP contribution in [0.5, 0.6) is 0 Å². The second-order valence-electron chi connectivity index (χ2n) is 5.04. The van der Waals surface area contributed by atoms with E-state index in [1.165, 1.54) is 6.07 Å². The Kier molecular flexibility index (Phi) is 5.06. The largest absolute Gasteiger partial charge is 0.325 e. The third-order valence-corrected chi connectivity index (χ3v) is 3.46. The molecule has 0 saturated heterocycles. The molecule has 0 saturated carbocycles. The summed E-state index contributed by atoms with van der Waals surface area (Å²) in [5, 5.41) is 2.85. The molecule has 0 aliphatic heterocycles. The molecule has 3 nitrogen and oxygen atoms in total. The summed E-state index contributed by atoms with van der Waals surface area (Å²) < 4.78 is 13.6. The predicted octanol–water partition coefficient (Wildman–Crippen LogP) is 3.28. The van der Waals surface area contributed by atoms with Crippen molar-refractivity contribution >= 4 is 11.6 Å². The molecule has 110 valence electrons. The number of rotatable bonds is 5. The van der Waals surface area contributed by atoms with Gasteiger partial charge in [0.15, 0.2) is 0 Å². The zero-order valence-electron chi connectivity index (χ0n) is 12.2. The molecule has 2 aromatic carbocycles. The fraction of sp³-hybridized carbons (Fsp3) is 0.235. The summed E-state index contributed by atoms with van der Waals surface area (Å²) in [7, 11) is 1.81. The molecular weight excluding hydrogens is 267 g/mol. The smallest absolute Gasteiger partial charge is 0.241 e. The summed E-state index contributed by atoms with van der Waals surface area (Å²) in [6.45, 7) is 2.19. The monoisotopic (exact) mass is 286 g/mol. The molecule has 2 rings (SSSR count). The van der Waals surface area contributed by atoms with Crippen LogP contribution in [0, 0.1) is 5.82 Å². The highest BCUT2D eigenvalue weighted by atomic mass is 19.1. The number of likely N-dealkylation sites (N-methyl/N-ethyl adjacent to an activating group) is 1. The van der Waals surface area contributed by atoms with Gasteiger partial charge in [0.2, 0.25) is 5.91 Å². The maximum atomic E-state index is 13.6. The Labute approximate surface area is 124 Å². The number of nitrogens with zero attached hydrogens (tertiary/aromatic N) is 1. The molecule has 0 unspecified atom stereocenters. The number of anilines is 1. The minimum absolute atomic E-state index is 0.111. The third-order valence-electron chi connectivity index (χ3n) is 3.46. The van der Waals surface area contributed by atoms with E-state index in [-0.39, 0.29) is 17.8 Å². The van der Waals surface area contributed by atoms with Gasteiger partial charge < -0.3 is 5.32 Å². The zero-order valence-corrected chi connectivity index (χ0v) is 12.2. The molecule has 0 radical (unpaired) electrons. The van der Waals surface area contributed by atoms with Crippen LogP contribution in [0.2, 0.25) is 0 Å². The molecule has 1 atom stereocenters. The Morgan fingerprint density at radius 3 is 2.43 bits per heavy atom. The first-order chi connectivity index (χ1) is 10.1. The van der Waals surface area contributed by atoms with E-state index in [4.69, 9.17) is 0 Å². The van der Waals surface area contributed by atoms with Crippen LogP contribution in [0.1, 0.15) is 12.5 Å². The molecule has 4 heteroatoms. The van der Waals surface area contributed by atoms with Crippen molar-refractivity contribution in [2.75, 3.05) is 12.4 Å². The third kappa shape index (κ3) is 4.13. The van der Waals surface area contributed by atoms with Gasteiger partial charge in [-0.1, -0.05) is 36.4 Å². The van der Waals surface area contributed by atoms with Gasteiger partial charge in [0.05, 0.1) is 6.04 Å². The second-order valence-corrected chi connectivity index (χ2v) is 5.04. The maximum absolute atomic E-state index is 13.6. The average molecular weight is 286 g/mol. The number of hydrogen-bond acceptors (Lipinski definition) is 2. The van der Waals surface area contributed by atoms with E-state index < -0.39 is 0 Å². The van der Waals surface area contributed by atoms with Crippen molar-refractivity contribution in [2.24, 2.45) is 0 Å². The minimum atomic E-state index is -0.357. The van der Waals surface area contributed by atoms with Gasteiger partial charge in [0.25, 0.3) is 0 Å². The standard InChI is InChI=1S/C17H19FN2O/c1-13(17(21)19-15-9-4-3-5-10-15)20(2)12-14-8-6-7-11-16(14)18/h3-11,13H,12H2,1-2H3,(H,19,21)/t13-/m0/s1. The molecule has 1 N–H and O–H groups in total. The van der Waals surface area contributed by atoms with Crippen LogP contribution in [0.15, 0.2) is 54.6 Å². The van der Waals surface area contributed by atoms with Crippen molar-refractivity contribution in [1.29, 1.82) is 0 Å². The normalized spacial score (nSPS) is 12.2. The van der Waals surface area contributed by atoms with Crippen molar-refractivity contribution in [3.05, 3.63) is 66.0 Å². The van der Waals surface area contributed by atoms with E-state index in [1.807, 2.05) is 42.3 Å². The Balaban J connectivity index is 1.97. The number of amides is 1. The number of halogens is 1. The van der Waals surface area contributed by atoms with Crippen molar-refractivity contribution in [2.45, 2.75) is 19.5 Å². The van der Waals surface area contributed by atoms with Crippen LogP contribution in [-0.2, 0) is 11.3 Å². The van der Waals surface area contributed by atoms with Crippen LogP contribution in [-0.4, -0.2) is 23.9 Å². The summed E-state index contributed by atoms with van der Waals surface area (Å²) in [6, 6.07) is 15.5. The predicted molar refractivity (Wildman–Crippen MR) is 82.4 cm³/mol. The quantitative estimate of drug-likeness (QED) is 0.914. The molecule has 0 aliphatic rings. The lowest BCUT2D eigenvalue weighted by Crippen LogP contribution is -2.39. The van der Waals surface area contributed by atoms with E-state index in [0.717, 1.165) is 5.69 Å². The molecule has 2 aromatic rings. The Bertz CT molecular complexity index is 601. The van der Waals surface area contributed by atoms with Gasteiger partial charge in [-0.2, -0.15) is 0 Å². The highest BCUT2D eigenvalue weighted by Gasteiger charge is 2.19. The summed E-state index contributed by atoms with van der Waals surface area (Å²) in [5.41, 5.74) is 1.34. The number of benzene rings is 2. The van der Waals surface area contributed by atoms with E-state index in [0.29, 0.717) is 12.1 Å². The minimum Gasteiger partial charge on any atom is -0.325 e. The van der Waals surface area contributed by atoms with Gasteiger partial charge >= 0.3 is 0 Å². The molecule has 0 fully saturated rings. The van der Waals surface area contributed by atoms with Crippen LogP contribution in [0.25, 0.3) is 0 Å². The van der Waals surface area contributed by atoms with Crippen molar-refractivity contribution in [3.63, 3.8) is 0 Å². The Morgan fingerprint density at radius 2 is 1.76 bits per heavy atom. The molecule has 0 bridgehead atoms. The number of para-hydroxylation sites is 1. The van der Waals surface area contributed by atoms with E-state index >= 15 is 0 Å². The lowest BCUT2D eigenvalue weighted by molar-refractivity contribution is -0.120. The number of nitrogens with one attached hydrogen (secondary N) is 1. The van der Waals surface area contributed by atoms with Crippen LogP contribution in [0.3, 0.4) is 0 Å². The fourth-order valence-corrected chi connectivity index (χ4v) is 2.00. The van der Waals surface area contributed by atoms with Gasteiger partial charge in [-0.15, -0.1) is 0 Å². The summed E-state index contributed by atoms with van der Waals surface area (Å²) >= 11 is 0. The lowest BCUT2D eigenvalue weighted by atomic mass is 10.1. The molecule has 1 amide bonds. The zero-order chi connectivity index (χ0) is 15.2. The first-order valence-corrected chi connectivity index (χ1v) is 6.87. The summed E-state index contributed by atoms with van der Waals surface area (Å²) in [4.78, 5) is 14.0. The van der Waals surface area contributed by atoms with E-state index in [1.54, 1.807) is 25.1 Å². The number of carbonyl (C=O) groups excluding carboxylic acids is 1. The van der Waals surface area contributed by atoms with Crippen molar-refractivity contribution < 1.29 is 9.18 Å². The Morgan fingerprint density at radius 1 is 1.14 bits per heavy atom. The lowest BCUT2D eigenvalue weighted by Gasteiger charge is -2.24.